The first-order valence-corrected chi connectivity index (χ1v) is 7.79. The quantitative estimate of drug-likeness (QED) is 0.885. The van der Waals surface area contributed by atoms with Crippen LogP contribution in [0.15, 0.2) is 30.3 Å². The van der Waals surface area contributed by atoms with Gasteiger partial charge in [-0.3, -0.25) is 4.79 Å². The first-order chi connectivity index (χ1) is 9.71. The monoisotopic (exact) mass is 272 g/mol. The lowest BCUT2D eigenvalue weighted by Crippen LogP contribution is -2.57. The van der Waals surface area contributed by atoms with E-state index in [4.69, 9.17) is 5.73 Å². The Morgan fingerprint density at radius 2 is 1.70 bits per heavy atom. The Hall–Kier alpha value is -1.35. The van der Waals surface area contributed by atoms with Gasteiger partial charge in [0.2, 0.25) is 5.91 Å². The number of carbonyl (C=O) groups is 1. The molecule has 0 aliphatic heterocycles. The maximum Gasteiger partial charge on any atom is 0.231 e. The van der Waals surface area contributed by atoms with E-state index in [1.165, 1.54) is 19.3 Å². The van der Waals surface area contributed by atoms with Gasteiger partial charge < -0.3 is 11.1 Å². The topological polar surface area (TPSA) is 55.1 Å². The molecule has 2 aliphatic rings. The van der Waals surface area contributed by atoms with Gasteiger partial charge in [-0.05, 0) is 31.2 Å². The minimum Gasteiger partial charge on any atom is -0.349 e. The van der Waals surface area contributed by atoms with Crippen LogP contribution in [-0.4, -0.2) is 18.0 Å². The van der Waals surface area contributed by atoms with Crippen molar-refractivity contribution in [1.82, 2.24) is 5.32 Å². The molecule has 3 heteroatoms. The van der Waals surface area contributed by atoms with Gasteiger partial charge in [0.15, 0.2) is 0 Å². The summed E-state index contributed by atoms with van der Waals surface area (Å²) in [5.74, 6) is 0.191. The highest BCUT2D eigenvalue weighted by molar-refractivity contribution is 5.91. The fourth-order valence-corrected chi connectivity index (χ4v) is 3.50. The average molecular weight is 272 g/mol. The van der Waals surface area contributed by atoms with Gasteiger partial charge in [-0.15, -0.1) is 0 Å². The van der Waals surface area contributed by atoms with Crippen molar-refractivity contribution in [1.29, 1.82) is 0 Å². The Kier molecular flexibility index (Phi) is 3.55. The Morgan fingerprint density at radius 1 is 1.05 bits per heavy atom. The Bertz CT molecular complexity index is 473. The van der Waals surface area contributed by atoms with Crippen molar-refractivity contribution in [2.45, 2.75) is 55.9 Å². The second kappa shape index (κ2) is 5.21. The second-order valence-corrected chi connectivity index (χ2v) is 6.45. The largest absolute Gasteiger partial charge is 0.349 e. The van der Waals surface area contributed by atoms with E-state index in [-0.39, 0.29) is 16.9 Å². The van der Waals surface area contributed by atoms with Crippen molar-refractivity contribution in [3.8, 4) is 0 Å². The molecule has 3 nitrogen and oxygen atoms in total. The highest BCUT2D eigenvalue weighted by Gasteiger charge is 2.52. The molecule has 2 saturated carbocycles. The van der Waals surface area contributed by atoms with Crippen molar-refractivity contribution < 1.29 is 4.79 Å². The van der Waals surface area contributed by atoms with Gasteiger partial charge in [-0.2, -0.15) is 0 Å². The molecule has 108 valence electrons. The summed E-state index contributed by atoms with van der Waals surface area (Å²) in [4.78, 5) is 12.8. The molecule has 0 atom stereocenters. The van der Waals surface area contributed by atoms with Gasteiger partial charge in [0.05, 0.1) is 11.0 Å². The van der Waals surface area contributed by atoms with Crippen LogP contribution >= 0.6 is 0 Å². The van der Waals surface area contributed by atoms with Crippen LogP contribution in [0.1, 0.15) is 50.5 Å². The Balaban J connectivity index is 1.76. The van der Waals surface area contributed by atoms with E-state index in [2.05, 4.69) is 17.4 Å². The predicted octanol–water partition coefficient (Wildman–Crippen LogP) is 2.50. The summed E-state index contributed by atoms with van der Waals surface area (Å²) in [6.45, 7) is 0.559. The summed E-state index contributed by atoms with van der Waals surface area (Å²) in [5.41, 5.74) is 6.70. The molecule has 1 amide bonds. The molecule has 0 spiro atoms. The number of nitrogens with two attached hydrogens (primary N) is 1. The third-order valence-electron chi connectivity index (χ3n) is 5.09. The molecule has 0 unspecified atom stereocenters. The van der Waals surface area contributed by atoms with Gasteiger partial charge in [-0.1, -0.05) is 49.6 Å². The lowest BCUT2D eigenvalue weighted by atomic mass is 9.80. The number of hydrogen-bond donors (Lipinski definition) is 2. The van der Waals surface area contributed by atoms with E-state index in [9.17, 15) is 4.79 Å². The van der Waals surface area contributed by atoms with Gasteiger partial charge >= 0.3 is 0 Å². The van der Waals surface area contributed by atoms with E-state index in [1.807, 2.05) is 18.2 Å². The summed E-state index contributed by atoms with van der Waals surface area (Å²) in [7, 11) is 0. The standard InChI is InChI=1S/C17H24N2O/c18-13-16(9-5-2-6-10-16)19-15(20)17(11-12-17)14-7-3-1-4-8-14/h1,3-4,7-8H,2,5-6,9-13,18H2,(H,19,20). The smallest absolute Gasteiger partial charge is 0.231 e. The number of nitrogens with one attached hydrogen (secondary N) is 1. The van der Waals surface area contributed by atoms with Crippen molar-refractivity contribution in [3.05, 3.63) is 35.9 Å². The fraction of sp³-hybridized carbons (Fsp3) is 0.588. The molecule has 0 heterocycles. The molecule has 0 bridgehead atoms. The number of amides is 1. The molecule has 1 aromatic carbocycles. The van der Waals surface area contributed by atoms with E-state index >= 15 is 0 Å². The zero-order chi connectivity index (χ0) is 14.1. The molecule has 0 aromatic heterocycles. The van der Waals surface area contributed by atoms with Crippen LogP contribution in [0, 0.1) is 0 Å². The third kappa shape index (κ3) is 2.35. The normalized spacial score (nSPS) is 23.1. The van der Waals surface area contributed by atoms with Crippen LogP contribution in [0.2, 0.25) is 0 Å². The van der Waals surface area contributed by atoms with Gasteiger partial charge in [0.25, 0.3) is 0 Å². The number of rotatable bonds is 4. The lowest BCUT2D eigenvalue weighted by molar-refractivity contribution is -0.125. The van der Waals surface area contributed by atoms with E-state index < -0.39 is 0 Å². The van der Waals surface area contributed by atoms with Crippen LogP contribution in [0.4, 0.5) is 0 Å². The minimum atomic E-state index is -0.277. The number of hydrogen-bond acceptors (Lipinski definition) is 2. The second-order valence-electron chi connectivity index (χ2n) is 6.45. The molecule has 1 aromatic rings. The highest BCUT2D eigenvalue weighted by atomic mass is 16.2. The van der Waals surface area contributed by atoms with Crippen LogP contribution in [0.3, 0.4) is 0 Å². The lowest BCUT2D eigenvalue weighted by Gasteiger charge is -2.38. The Morgan fingerprint density at radius 3 is 2.25 bits per heavy atom. The number of carbonyl (C=O) groups excluding carboxylic acids is 1. The molecule has 20 heavy (non-hydrogen) atoms. The maximum atomic E-state index is 12.8. The van der Waals surface area contributed by atoms with Crippen LogP contribution < -0.4 is 11.1 Å². The number of benzene rings is 1. The minimum absolute atomic E-state index is 0.153. The van der Waals surface area contributed by atoms with E-state index in [0.29, 0.717) is 6.54 Å². The first kappa shape index (κ1) is 13.6. The zero-order valence-electron chi connectivity index (χ0n) is 12.0. The van der Waals surface area contributed by atoms with Crippen LogP contribution in [0.25, 0.3) is 0 Å². The SMILES string of the molecule is NCC1(NC(=O)C2(c3ccccc3)CC2)CCCCC1. The van der Waals surface area contributed by atoms with E-state index in [0.717, 1.165) is 31.2 Å². The molecular weight excluding hydrogens is 248 g/mol. The van der Waals surface area contributed by atoms with Crippen molar-refractivity contribution in [2.24, 2.45) is 5.73 Å². The summed E-state index contributed by atoms with van der Waals surface area (Å²) in [6.07, 6.45) is 7.60. The molecule has 3 rings (SSSR count). The first-order valence-electron chi connectivity index (χ1n) is 7.79. The van der Waals surface area contributed by atoms with Crippen LogP contribution in [-0.2, 0) is 10.2 Å². The summed E-state index contributed by atoms with van der Waals surface area (Å²) in [5, 5.41) is 3.32. The average Bonchev–Trinajstić information content (AvgIpc) is 3.31. The molecule has 3 N–H and O–H groups in total. The molecular formula is C17H24N2O. The molecule has 0 radical (unpaired) electrons. The van der Waals surface area contributed by atoms with Crippen molar-refractivity contribution in [3.63, 3.8) is 0 Å². The fourth-order valence-electron chi connectivity index (χ4n) is 3.50. The van der Waals surface area contributed by atoms with Crippen molar-refractivity contribution >= 4 is 5.91 Å². The van der Waals surface area contributed by atoms with Crippen LogP contribution in [0.5, 0.6) is 0 Å². The van der Waals surface area contributed by atoms with Gasteiger partial charge in [-0.25, -0.2) is 0 Å². The summed E-state index contributed by atoms with van der Waals surface area (Å²) in [6, 6.07) is 10.2. The molecule has 0 saturated heterocycles. The Labute approximate surface area is 120 Å². The summed E-state index contributed by atoms with van der Waals surface area (Å²) >= 11 is 0. The molecule has 2 aliphatic carbocycles. The van der Waals surface area contributed by atoms with E-state index in [1.54, 1.807) is 0 Å². The van der Waals surface area contributed by atoms with Gasteiger partial charge in [0, 0.05) is 6.54 Å². The maximum absolute atomic E-state index is 12.8. The third-order valence-corrected chi connectivity index (χ3v) is 5.09. The molecule has 2 fully saturated rings. The zero-order valence-corrected chi connectivity index (χ0v) is 12.0. The predicted molar refractivity (Wildman–Crippen MR) is 80.4 cm³/mol. The summed E-state index contributed by atoms with van der Waals surface area (Å²) < 4.78 is 0. The van der Waals surface area contributed by atoms with Crippen molar-refractivity contribution in [2.75, 3.05) is 6.54 Å². The highest BCUT2D eigenvalue weighted by Crippen LogP contribution is 2.49. The van der Waals surface area contributed by atoms with Gasteiger partial charge in [0.1, 0.15) is 0 Å².